The van der Waals surface area contributed by atoms with Gasteiger partial charge in [-0.25, -0.2) is 4.79 Å². The van der Waals surface area contributed by atoms with Crippen molar-refractivity contribution in [2.75, 3.05) is 13.1 Å². The topological polar surface area (TPSA) is 99.9 Å². The maximum atomic E-state index is 12.2. The normalized spacial score (nSPS) is 10.3. The minimum atomic E-state index is -1.16. The molecule has 0 spiro atoms. The lowest BCUT2D eigenvalue weighted by atomic mass is 10.1. The Morgan fingerprint density at radius 1 is 1.00 bits per heavy atom. The molecule has 0 aliphatic carbocycles. The van der Waals surface area contributed by atoms with Gasteiger partial charge in [0.25, 0.3) is 11.8 Å². The van der Waals surface area contributed by atoms with E-state index < -0.39 is 5.97 Å². The number of benzene rings is 1. The highest BCUT2D eigenvalue weighted by Crippen LogP contribution is 2.10. The molecule has 0 bridgehead atoms. The summed E-state index contributed by atoms with van der Waals surface area (Å²) >= 11 is 0. The maximum Gasteiger partial charge on any atom is 0.371 e. The fraction of sp³-hybridized carbons (Fsp3) is 0.278. The number of aromatic carboxylic acids is 1. The maximum absolute atomic E-state index is 12.2. The third kappa shape index (κ3) is 4.47. The van der Waals surface area contributed by atoms with Crippen LogP contribution < -0.4 is 5.32 Å². The van der Waals surface area contributed by atoms with E-state index in [9.17, 15) is 14.4 Å². The minimum absolute atomic E-state index is 0.0752. The van der Waals surface area contributed by atoms with Crippen molar-refractivity contribution in [2.45, 2.75) is 20.4 Å². The van der Waals surface area contributed by atoms with Gasteiger partial charge in [0.1, 0.15) is 5.76 Å². The van der Waals surface area contributed by atoms with Crippen LogP contribution in [0, 0.1) is 0 Å². The van der Waals surface area contributed by atoms with E-state index in [2.05, 4.69) is 5.32 Å². The Balaban J connectivity index is 1.97. The smallest absolute Gasteiger partial charge is 0.371 e. The molecule has 25 heavy (non-hydrogen) atoms. The van der Waals surface area contributed by atoms with Crippen LogP contribution in [0.5, 0.6) is 0 Å². The first-order valence-electron chi connectivity index (χ1n) is 7.95. The highest BCUT2D eigenvalue weighted by atomic mass is 16.4. The van der Waals surface area contributed by atoms with Crippen LogP contribution in [0.3, 0.4) is 0 Å². The highest BCUT2D eigenvalue weighted by molar-refractivity contribution is 5.97. The summed E-state index contributed by atoms with van der Waals surface area (Å²) in [4.78, 5) is 36.8. The predicted octanol–water partition coefficient (Wildman–Crippen LogP) is 2.39. The minimum Gasteiger partial charge on any atom is -0.475 e. The van der Waals surface area contributed by atoms with E-state index in [1.165, 1.54) is 12.1 Å². The summed E-state index contributed by atoms with van der Waals surface area (Å²) in [5.74, 6) is -1.41. The van der Waals surface area contributed by atoms with Gasteiger partial charge in [0.15, 0.2) is 0 Å². The molecule has 7 nitrogen and oxygen atoms in total. The van der Waals surface area contributed by atoms with Crippen LogP contribution in [0.25, 0.3) is 0 Å². The molecule has 0 atom stereocenters. The Bertz CT molecular complexity index is 760. The summed E-state index contributed by atoms with van der Waals surface area (Å²) < 4.78 is 5.07. The molecule has 2 amide bonds. The monoisotopic (exact) mass is 344 g/mol. The van der Waals surface area contributed by atoms with Gasteiger partial charge in [-0.05, 0) is 50.2 Å². The summed E-state index contributed by atoms with van der Waals surface area (Å²) in [6, 6.07) is 9.22. The van der Waals surface area contributed by atoms with Crippen LogP contribution in [0.2, 0.25) is 0 Å². The lowest BCUT2D eigenvalue weighted by Gasteiger charge is -2.18. The van der Waals surface area contributed by atoms with Crippen molar-refractivity contribution in [3.05, 3.63) is 59.0 Å². The first-order valence-corrected chi connectivity index (χ1v) is 7.95. The van der Waals surface area contributed by atoms with Gasteiger partial charge >= 0.3 is 5.97 Å². The van der Waals surface area contributed by atoms with Crippen molar-refractivity contribution in [2.24, 2.45) is 0 Å². The van der Waals surface area contributed by atoms with E-state index in [0.29, 0.717) is 30.0 Å². The van der Waals surface area contributed by atoms with Crippen molar-refractivity contribution in [1.29, 1.82) is 0 Å². The Hall–Kier alpha value is -3.09. The average molecular weight is 344 g/mol. The SMILES string of the molecule is CCN(CC)C(=O)c1ccc(C(=O)NCc2ccc(C(=O)O)o2)cc1. The second-order valence-electron chi connectivity index (χ2n) is 5.31. The fourth-order valence-electron chi connectivity index (χ4n) is 2.31. The van der Waals surface area contributed by atoms with E-state index in [1.54, 1.807) is 29.2 Å². The molecule has 0 aliphatic heterocycles. The van der Waals surface area contributed by atoms with Crippen LogP contribution in [-0.2, 0) is 6.54 Å². The Labute approximate surface area is 145 Å². The van der Waals surface area contributed by atoms with Crippen LogP contribution in [0.1, 0.15) is 50.9 Å². The number of carbonyl (C=O) groups is 3. The molecule has 0 aliphatic rings. The van der Waals surface area contributed by atoms with E-state index in [-0.39, 0.29) is 24.1 Å². The van der Waals surface area contributed by atoms with Crippen molar-refractivity contribution < 1.29 is 23.9 Å². The van der Waals surface area contributed by atoms with E-state index >= 15 is 0 Å². The standard InChI is InChI=1S/C18H20N2O5/c1-3-20(4-2)17(22)13-7-5-12(6-8-13)16(21)19-11-14-9-10-15(25-14)18(23)24/h5-10H,3-4,11H2,1-2H3,(H,19,21)(H,23,24). The molecule has 0 radical (unpaired) electrons. The zero-order chi connectivity index (χ0) is 18.4. The number of amides is 2. The third-order valence-corrected chi connectivity index (χ3v) is 3.74. The molecule has 0 fully saturated rings. The van der Waals surface area contributed by atoms with E-state index in [0.717, 1.165) is 0 Å². The summed E-state index contributed by atoms with van der Waals surface area (Å²) in [7, 11) is 0. The highest BCUT2D eigenvalue weighted by Gasteiger charge is 2.14. The van der Waals surface area contributed by atoms with Gasteiger partial charge in [0.05, 0.1) is 6.54 Å². The number of carboxylic acid groups (broad SMARTS) is 1. The molecule has 0 saturated heterocycles. The fourth-order valence-corrected chi connectivity index (χ4v) is 2.31. The molecule has 0 unspecified atom stereocenters. The molecule has 2 N–H and O–H groups in total. The number of nitrogens with zero attached hydrogens (tertiary/aromatic N) is 1. The second kappa shape index (κ2) is 8.14. The summed E-state index contributed by atoms with van der Waals surface area (Å²) in [5.41, 5.74) is 0.929. The molecule has 1 aromatic heterocycles. The van der Waals surface area contributed by atoms with E-state index in [1.807, 2.05) is 13.8 Å². The molecular weight excluding hydrogens is 324 g/mol. The number of carboxylic acids is 1. The Morgan fingerprint density at radius 2 is 1.60 bits per heavy atom. The quantitative estimate of drug-likeness (QED) is 0.803. The van der Waals surface area contributed by atoms with Gasteiger partial charge in [-0.1, -0.05) is 0 Å². The number of furan rings is 1. The number of carbonyl (C=O) groups excluding carboxylic acids is 2. The Morgan fingerprint density at radius 3 is 2.12 bits per heavy atom. The summed E-state index contributed by atoms with van der Waals surface area (Å²) in [6.07, 6.45) is 0. The molecular formula is C18H20N2O5. The predicted molar refractivity (Wildman–Crippen MR) is 90.5 cm³/mol. The molecule has 132 valence electrons. The molecule has 0 saturated carbocycles. The van der Waals surface area contributed by atoms with Crippen molar-refractivity contribution in [1.82, 2.24) is 10.2 Å². The first-order chi connectivity index (χ1) is 12.0. The molecule has 7 heteroatoms. The van der Waals surface area contributed by atoms with Crippen molar-refractivity contribution >= 4 is 17.8 Å². The van der Waals surface area contributed by atoms with E-state index in [4.69, 9.17) is 9.52 Å². The Kier molecular flexibility index (Phi) is 5.94. The van der Waals surface area contributed by atoms with Crippen LogP contribution >= 0.6 is 0 Å². The molecule has 1 heterocycles. The summed E-state index contributed by atoms with van der Waals surface area (Å²) in [6.45, 7) is 5.14. The molecule has 1 aromatic carbocycles. The molecule has 2 aromatic rings. The largest absolute Gasteiger partial charge is 0.475 e. The van der Waals surface area contributed by atoms with Gasteiger partial charge in [-0.2, -0.15) is 0 Å². The van der Waals surface area contributed by atoms with Gasteiger partial charge in [-0.15, -0.1) is 0 Å². The van der Waals surface area contributed by atoms with Gasteiger partial charge in [0.2, 0.25) is 5.76 Å². The van der Waals surface area contributed by atoms with Gasteiger partial charge < -0.3 is 19.7 Å². The van der Waals surface area contributed by atoms with Crippen LogP contribution in [0.4, 0.5) is 0 Å². The van der Waals surface area contributed by atoms with Gasteiger partial charge in [-0.3, -0.25) is 9.59 Å². The molecule has 2 rings (SSSR count). The number of hydrogen-bond donors (Lipinski definition) is 2. The average Bonchev–Trinajstić information content (AvgIpc) is 3.10. The second-order valence-corrected chi connectivity index (χ2v) is 5.31. The number of rotatable bonds is 7. The first kappa shape index (κ1) is 18.3. The summed E-state index contributed by atoms with van der Waals surface area (Å²) in [5, 5.41) is 11.4. The van der Waals surface area contributed by atoms with Crippen LogP contribution in [-0.4, -0.2) is 40.9 Å². The number of nitrogens with one attached hydrogen (secondary N) is 1. The third-order valence-electron chi connectivity index (χ3n) is 3.74. The lowest BCUT2D eigenvalue weighted by Crippen LogP contribution is -2.30. The van der Waals surface area contributed by atoms with Gasteiger partial charge in [0, 0.05) is 24.2 Å². The number of hydrogen-bond acceptors (Lipinski definition) is 4. The van der Waals surface area contributed by atoms with Crippen molar-refractivity contribution in [3.8, 4) is 0 Å². The van der Waals surface area contributed by atoms with Crippen molar-refractivity contribution in [3.63, 3.8) is 0 Å². The lowest BCUT2D eigenvalue weighted by molar-refractivity contribution is 0.0659. The zero-order valence-electron chi connectivity index (χ0n) is 14.1. The van der Waals surface area contributed by atoms with Crippen LogP contribution in [0.15, 0.2) is 40.8 Å². The zero-order valence-corrected chi connectivity index (χ0v) is 14.1.